The van der Waals surface area contributed by atoms with Crippen LogP contribution in [0.25, 0.3) is 0 Å². The number of hydrogen-bond donors (Lipinski definition) is 2. The Hall–Kier alpha value is -1.82. The van der Waals surface area contributed by atoms with Crippen LogP contribution in [0.5, 0.6) is 0 Å². The van der Waals surface area contributed by atoms with Gasteiger partial charge < -0.3 is 19.7 Å². The molecule has 0 aliphatic carbocycles. The largest absolute Gasteiger partial charge is 0.478 e. The lowest BCUT2D eigenvalue weighted by Crippen LogP contribution is -2.28. The van der Waals surface area contributed by atoms with Gasteiger partial charge in [0.25, 0.3) is 5.91 Å². The van der Waals surface area contributed by atoms with Crippen molar-refractivity contribution in [2.75, 3.05) is 26.2 Å². The van der Waals surface area contributed by atoms with Crippen molar-refractivity contribution in [3.05, 3.63) is 23.7 Å². The van der Waals surface area contributed by atoms with Gasteiger partial charge in [-0.3, -0.25) is 4.79 Å². The molecule has 0 unspecified atom stereocenters. The van der Waals surface area contributed by atoms with Gasteiger partial charge in [-0.15, -0.1) is 0 Å². The zero-order valence-electron chi connectivity index (χ0n) is 10.7. The van der Waals surface area contributed by atoms with E-state index < -0.39 is 5.97 Å². The first-order chi connectivity index (χ1) is 9.16. The molecule has 2 rings (SSSR count). The number of furan rings is 1. The van der Waals surface area contributed by atoms with Crippen LogP contribution in [-0.4, -0.2) is 48.1 Å². The lowest BCUT2D eigenvalue weighted by molar-refractivity contribution is 0.0696. The first kappa shape index (κ1) is 13.6. The lowest BCUT2D eigenvalue weighted by Gasteiger charge is -2.13. The second-order valence-corrected chi connectivity index (χ2v) is 4.66. The Balaban J connectivity index is 1.69. The van der Waals surface area contributed by atoms with Gasteiger partial charge in [0.05, 0.1) is 5.56 Å². The highest BCUT2D eigenvalue weighted by atomic mass is 16.4. The number of amides is 1. The van der Waals surface area contributed by atoms with E-state index in [9.17, 15) is 9.59 Å². The monoisotopic (exact) mass is 266 g/mol. The molecule has 6 nitrogen and oxygen atoms in total. The van der Waals surface area contributed by atoms with Crippen molar-refractivity contribution in [1.29, 1.82) is 0 Å². The minimum atomic E-state index is -1.10. The number of carboxylic acids is 1. The van der Waals surface area contributed by atoms with Gasteiger partial charge in [-0.25, -0.2) is 4.79 Å². The molecule has 0 aromatic carbocycles. The van der Waals surface area contributed by atoms with Gasteiger partial charge >= 0.3 is 5.97 Å². The number of likely N-dealkylation sites (tertiary alicyclic amines) is 1. The fourth-order valence-corrected chi connectivity index (χ4v) is 2.17. The van der Waals surface area contributed by atoms with Crippen LogP contribution in [0, 0.1) is 0 Å². The van der Waals surface area contributed by atoms with Crippen molar-refractivity contribution in [2.24, 2.45) is 0 Å². The Bertz CT molecular complexity index is 449. The molecule has 0 spiro atoms. The number of nitrogens with one attached hydrogen (secondary N) is 1. The van der Waals surface area contributed by atoms with Crippen molar-refractivity contribution >= 4 is 11.9 Å². The molecule has 0 bridgehead atoms. The molecule has 104 valence electrons. The average molecular weight is 266 g/mol. The summed E-state index contributed by atoms with van der Waals surface area (Å²) in [7, 11) is 0. The third kappa shape index (κ3) is 3.82. The highest BCUT2D eigenvalue weighted by molar-refractivity contribution is 5.95. The maximum atomic E-state index is 11.7. The van der Waals surface area contributed by atoms with E-state index >= 15 is 0 Å². The van der Waals surface area contributed by atoms with Crippen LogP contribution in [0.3, 0.4) is 0 Å². The summed E-state index contributed by atoms with van der Waals surface area (Å²) in [5.74, 6) is -1.43. The summed E-state index contributed by atoms with van der Waals surface area (Å²) < 4.78 is 4.91. The molecular formula is C13H18N2O4. The van der Waals surface area contributed by atoms with Gasteiger partial charge in [0, 0.05) is 12.6 Å². The highest BCUT2D eigenvalue weighted by Gasteiger charge is 2.14. The summed E-state index contributed by atoms with van der Waals surface area (Å²) >= 11 is 0. The number of carboxylic acid groups (broad SMARTS) is 1. The summed E-state index contributed by atoms with van der Waals surface area (Å²) in [5.41, 5.74) is -0.0118. The average Bonchev–Trinajstić information content (AvgIpc) is 3.05. The number of rotatable bonds is 6. The summed E-state index contributed by atoms with van der Waals surface area (Å²) in [6.45, 7) is 3.85. The van der Waals surface area contributed by atoms with Gasteiger partial charge in [0.15, 0.2) is 5.76 Å². The normalized spacial score (nSPS) is 15.6. The predicted octanol–water partition coefficient (Wildman–Crippen LogP) is 1.19. The third-order valence-corrected chi connectivity index (χ3v) is 3.21. The maximum absolute atomic E-state index is 11.7. The van der Waals surface area contributed by atoms with E-state index in [0.717, 1.165) is 32.3 Å². The number of carbonyl (C=O) groups excluding carboxylic acids is 1. The Morgan fingerprint density at radius 1 is 1.37 bits per heavy atom. The first-order valence-electron chi connectivity index (χ1n) is 6.49. The smallest absolute Gasteiger partial charge is 0.338 e. The van der Waals surface area contributed by atoms with Crippen LogP contribution in [0.15, 0.2) is 16.7 Å². The van der Waals surface area contributed by atoms with Gasteiger partial charge in [-0.1, -0.05) is 0 Å². The van der Waals surface area contributed by atoms with Crippen molar-refractivity contribution in [3.8, 4) is 0 Å². The number of nitrogens with zero attached hydrogens (tertiary/aromatic N) is 1. The van der Waals surface area contributed by atoms with E-state index in [-0.39, 0.29) is 17.2 Å². The molecule has 1 saturated heterocycles. The summed E-state index contributed by atoms with van der Waals surface area (Å²) in [4.78, 5) is 24.7. The molecular weight excluding hydrogens is 248 g/mol. The molecule has 1 fully saturated rings. The van der Waals surface area contributed by atoms with Crippen LogP contribution >= 0.6 is 0 Å². The van der Waals surface area contributed by atoms with Gasteiger partial charge in [-0.2, -0.15) is 0 Å². The second kappa shape index (κ2) is 6.38. The van der Waals surface area contributed by atoms with E-state index in [4.69, 9.17) is 9.52 Å². The molecule has 2 N–H and O–H groups in total. The number of aromatic carboxylic acids is 1. The standard InChI is InChI=1S/C13H18N2O4/c16-12(11-8-10(9-19-11)13(17)18)14-4-3-7-15-5-1-2-6-15/h8-9H,1-7H2,(H,14,16)(H,17,18). The van der Waals surface area contributed by atoms with Gasteiger partial charge in [-0.05, 0) is 38.9 Å². The fraction of sp³-hybridized carbons (Fsp3) is 0.538. The Kier molecular flexibility index (Phi) is 4.57. The maximum Gasteiger partial charge on any atom is 0.338 e. The molecule has 6 heteroatoms. The lowest BCUT2D eigenvalue weighted by atomic mass is 10.3. The zero-order valence-corrected chi connectivity index (χ0v) is 10.7. The van der Waals surface area contributed by atoms with Gasteiger partial charge in [0.2, 0.25) is 0 Å². The van der Waals surface area contributed by atoms with Crippen molar-refractivity contribution in [3.63, 3.8) is 0 Å². The molecule has 0 atom stereocenters. The molecule has 1 aliphatic rings. The predicted molar refractivity (Wildman–Crippen MR) is 68.3 cm³/mol. The molecule has 19 heavy (non-hydrogen) atoms. The molecule has 1 aromatic rings. The van der Waals surface area contributed by atoms with Crippen molar-refractivity contribution in [2.45, 2.75) is 19.3 Å². The van der Waals surface area contributed by atoms with Crippen molar-refractivity contribution in [1.82, 2.24) is 10.2 Å². The van der Waals surface area contributed by atoms with Crippen LogP contribution in [0.1, 0.15) is 40.2 Å². The molecule has 1 aliphatic heterocycles. The molecule has 0 saturated carbocycles. The summed E-state index contributed by atoms with van der Waals surface area (Å²) in [5, 5.41) is 11.4. The minimum Gasteiger partial charge on any atom is -0.478 e. The number of carbonyl (C=O) groups is 2. The van der Waals surface area contributed by atoms with Crippen LogP contribution < -0.4 is 5.32 Å². The van der Waals surface area contributed by atoms with Gasteiger partial charge in [0.1, 0.15) is 6.26 Å². The summed E-state index contributed by atoms with van der Waals surface area (Å²) in [6, 6.07) is 1.23. The van der Waals surface area contributed by atoms with E-state index in [0.29, 0.717) is 6.54 Å². The Morgan fingerprint density at radius 2 is 2.11 bits per heavy atom. The second-order valence-electron chi connectivity index (χ2n) is 4.66. The number of hydrogen-bond acceptors (Lipinski definition) is 4. The molecule has 2 heterocycles. The topological polar surface area (TPSA) is 82.8 Å². The van der Waals surface area contributed by atoms with Crippen LogP contribution in [-0.2, 0) is 0 Å². The van der Waals surface area contributed by atoms with Crippen molar-refractivity contribution < 1.29 is 19.1 Å². The van der Waals surface area contributed by atoms with E-state index in [1.807, 2.05) is 0 Å². The Morgan fingerprint density at radius 3 is 2.74 bits per heavy atom. The van der Waals surface area contributed by atoms with Crippen LogP contribution in [0.2, 0.25) is 0 Å². The minimum absolute atomic E-state index is 0.0118. The summed E-state index contributed by atoms with van der Waals surface area (Å²) in [6.07, 6.45) is 4.48. The quantitative estimate of drug-likeness (QED) is 0.756. The van der Waals surface area contributed by atoms with E-state index in [2.05, 4.69) is 10.2 Å². The fourth-order valence-electron chi connectivity index (χ4n) is 2.17. The Labute approximate surface area is 111 Å². The first-order valence-corrected chi connectivity index (χ1v) is 6.49. The van der Waals surface area contributed by atoms with E-state index in [1.54, 1.807) is 0 Å². The van der Waals surface area contributed by atoms with E-state index in [1.165, 1.54) is 18.9 Å². The molecule has 1 aromatic heterocycles. The molecule has 1 amide bonds. The third-order valence-electron chi connectivity index (χ3n) is 3.21. The zero-order chi connectivity index (χ0) is 13.7. The highest BCUT2D eigenvalue weighted by Crippen LogP contribution is 2.08. The SMILES string of the molecule is O=C(O)c1coc(C(=O)NCCCN2CCCC2)c1. The van der Waals surface area contributed by atoms with Crippen LogP contribution in [0.4, 0.5) is 0 Å². The molecule has 0 radical (unpaired) electrons.